The predicted molar refractivity (Wildman–Crippen MR) is 104 cm³/mol. The van der Waals surface area contributed by atoms with Gasteiger partial charge in [-0.1, -0.05) is 35.5 Å². The Labute approximate surface area is 155 Å². The summed E-state index contributed by atoms with van der Waals surface area (Å²) in [5, 5.41) is 11.6. The maximum absolute atomic E-state index is 5.49. The molecular formula is C20H18N4OS. The second kappa shape index (κ2) is 7.09. The van der Waals surface area contributed by atoms with Gasteiger partial charge >= 0.3 is 0 Å². The molecule has 5 nitrogen and oxygen atoms in total. The van der Waals surface area contributed by atoms with Crippen molar-refractivity contribution in [3.05, 3.63) is 65.7 Å². The fourth-order valence-corrected chi connectivity index (χ4v) is 3.61. The molecule has 0 radical (unpaired) electrons. The van der Waals surface area contributed by atoms with Crippen LogP contribution >= 0.6 is 11.3 Å². The second-order valence-electron chi connectivity index (χ2n) is 5.77. The van der Waals surface area contributed by atoms with Gasteiger partial charge in [-0.05, 0) is 38.1 Å². The number of rotatable bonds is 5. The third kappa shape index (κ3) is 3.11. The fourth-order valence-electron chi connectivity index (χ4n) is 2.75. The molecule has 130 valence electrons. The normalized spacial score (nSPS) is 10.8. The third-order valence-electron chi connectivity index (χ3n) is 4.06. The minimum absolute atomic E-state index is 0.652. The summed E-state index contributed by atoms with van der Waals surface area (Å²) in [7, 11) is 0. The zero-order chi connectivity index (χ0) is 17.9. The van der Waals surface area contributed by atoms with Gasteiger partial charge in [-0.25, -0.2) is 9.67 Å². The van der Waals surface area contributed by atoms with E-state index in [9.17, 15) is 0 Å². The molecule has 0 spiro atoms. The van der Waals surface area contributed by atoms with Crippen LogP contribution < -0.4 is 4.74 Å². The highest BCUT2D eigenvalue weighted by molar-refractivity contribution is 7.13. The van der Waals surface area contributed by atoms with Crippen LogP contribution in [0.5, 0.6) is 5.75 Å². The van der Waals surface area contributed by atoms with Crippen LogP contribution in [0, 0.1) is 6.92 Å². The summed E-state index contributed by atoms with van der Waals surface area (Å²) in [6.07, 6.45) is 0. The Kier molecular flexibility index (Phi) is 4.50. The maximum Gasteiger partial charge on any atom is 0.146 e. The van der Waals surface area contributed by atoms with E-state index in [1.165, 1.54) is 0 Å². The Morgan fingerprint density at radius 3 is 2.54 bits per heavy atom. The standard InChI is InChI=1S/C20H18N4OS/c1-3-25-17-11-9-16(10-12-17)24-14(2)19(22-23-24)20-21-18(13-26-20)15-7-5-4-6-8-15/h4-13H,3H2,1-2H3. The number of benzene rings is 2. The summed E-state index contributed by atoms with van der Waals surface area (Å²) in [4.78, 5) is 4.74. The summed E-state index contributed by atoms with van der Waals surface area (Å²) in [6, 6.07) is 18.0. The Balaban J connectivity index is 1.64. The van der Waals surface area contributed by atoms with Crippen molar-refractivity contribution >= 4 is 11.3 Å². The number of thiazole rings is 1. The van der Waals surface area contributed by atoms with Gasteiger partial charge in [-0.2, -0.15) is 0 Å². The summed E-state index contributed by atoms with van der Waals surface area (Å²) in [6.45, 7) is 4.63. The largest absolute Gasteiger partial charge is 0.494 e. The first-order valence-corrected chi connectivity index (χ1v) is 9.31. The summed E-state index contributed by atoms with van der Waals surface area (Å²) < 4.78 is 7.32. The Morgan fingerprint density at radius 2 is 1.81 bits per heavy atom. The number of aromatic nitrogens is 4. The first kappa shape index (κ1) is 16.5. The van der Waals surface area contributed by atoms with Crippen LogP contribution in [-0.4, -0.2) is 26.6 Å². The van der Waals surface area contributed by atoms with Gasteiger partial charge in [0.25, 0.3) is 0 Å². The summed E-state index contributed by atoms with van der Waals surface area (Å²) in [5.74, 6) is 0.849. The van der Waals surface area contributed by atoms with Crippen molar-refractivity contribution in [2.45, 2.75) is 13.8 Å². The van der Waals surface area contributed by atoms with Crippen molar-refractivity contribution in [3.63, 3.8) is 0 Å². The molecule has 0 atom stereocenters. The van der Waals surface area contributed by atoms with Gasteiger partial charge in [0.05, 0.1) is 23.7 Å². The predicted octanol–water partition coefficient (Wildman–Crippen LogP) is 4.76. The van der Waals surface area contributed by atoms with Crippen molar-refractivity contribution in [1.29, 1.82) is 0 Å². The van der Waals surface area contributed by atoms with Crippen molar-refractivity contribution in [2.24, 2.45) is 0 Å². The molecule has 0 N–H and O–H groups in total. The van der Waals surface area contributed by atoms with E-state index >= 15 is 0 Å². The molecule has 2 heterocycles. The first-order valence-electron chi connectivity index (χ1n) is 8.43. The molecular weight excluding hydrogens is 344 g/mol. The molecule has 0 bridgehead atoms. The van der Waals surface area contributed by atoms with Gasteiger partial charge in [0.2, 0.25) is 0 Å². The van der Waals surface area contributed by atoms with Crippen molar-refractivity contribution < 1.29 is 4.74 Å². The van der Waals surface area contributed by atoms with Gasteiger partial charge in [-0.15, -0.1) is 16.4 Å². The van der Waals surface area contributed by atoms with Gasteiger partial charge in [0.15, 0.2) is 0 Å². The zero-order valence-electron chi connectivity index (χ0n) is 14.6. The quantitative estimate of drug-likeness (QED) is 0.513. The van der Waals surface area contributed by atoms with E-state index in [0.29, 0.717) is 6.61 Å². The van der Waals surface area contributed by atoms with E-state index in [-0.39, 0.29) is 0 Å². The van der Waals surface area contributed by atoms with Gasteiger partial charge in [0, 0.05) is 10.9 Å². The molecule has 0 saturated carbocycles. The third-order valence-corrected chi connectivity index (χ3v) is 4.91. The maximum atomic E-state index is 5.49. The Hall–Kier alpha value is -2.99. The summed E-state index contributed by atoms with van der Waals surface area (Å²) in [5.41, 5.74) is 4.78. The van der Waals surface area contributed by atoms with Gasteiger partial charge in [0.1, 0.15) is 16.5 Å². The average Bonchev–Trinajstić information content (AvgIpc) is 3.30. The SMILES string of the molecule is CCOc1ccc(-n2nnc(-c3nc(-c4ccccc4)cs3)c2C)cc1. The van der Waals surface area contributed by atoms with E-state index in [1.807, 2.05) is 61.0 Å². The van der Waals surface area contributed by atoms with E-state index in [2.05, 4.69) is 27.8 Å². The molecule has 2 aromatic carbocycles. The molecule has 4 rings (SSSR count). The number of hydrogen-bond donors (Lipinski definition) is 0. The molecule has 6 heteroatoms. The molecule has 0 amide bonds. The van der Waals surface area contributed by atoms with E-state index in [0.717, 1.165) is 39.1 Å². The van der Waals surface area contributed by atoms with Crippen LogP contribution in [0.2, 0.25) is 0 Å². The van der Waals surface area contributed by atoms with Crippen LogP contribution in [0.1, 0.15) is 12.6 Å². The molecule has 2 aromatic heterocycles. The number of nitrogens with zero attached hydrogens (tertiary/aromatic N) is 4. The van der Waals surface area contributed by atoms with Crippen LogP contribution in [0.3, 0.4) is 0 Å². The zero-order valence-corrected chi connectivity index (χ0v) is 15.4. The van der Waals surface area contributed by atoms with E-state index < -0.39 is 0 Å². The summed E-state index contributed by atoms with van der Waals surface area (Å²) >= 11 is 1.58. The monoisotopic (exact) mass is 362 g/mol. The van der Waals surface area contributed by atoms with Gasteiger partial charge < -0.3 is 4.74 Å². The highest BCUT2D eigenvalue weighted by Crippen LogP contribution is 2.30. The van der Waals surface area contributed by atoms with Crippen molar-refractivity contribution in [1.82, 2.24) is 20.0 Å². The molecule has 0 saturated heterocycles. The van der Waals surface area contributed by atoms with Crippen molar-refractivity contribution in [2.75, 3.05) is 6.61 Å². The topological polar surface area (TPSA) is 52.8 Å². The first-order chi connectivity index (χ1) is 12.8. The average molecular weight is 362 g/mol. The fraction of sp³-hybridized carbons (Fsp3) is 0.150. The molecule has 0 unspecified atom stereocenters. The van der Waals surface area contributed by atoms with E-state index in [4.69, 9.17) is 9.72 Å². The lowest BCUT2D eigenvalue weighted by atomic mass is 10.2. The lowest BCUT2D eigenvalue weighted by molar-refractivity contribution is 0.340. The number of hydrogen-bond acceptors (Lipinski definition) is 5. The Bertz CT molecular complexity index is 1010. The lowest BCUT2D eigenvalue weighted by Crippen LogP contribution is -1.99. The molecule has 26 heavy (non-hydrogen) atoms. The Morgan fingerprint density at radius 1 is 1.04 bits per heavy atom. The second-order valence-corrected chi connectivity index (χ2v) is 6.62. The number of ether oxygens (including phenoxy) is 1. The molecule has 4 aromatic rings. The molecule has 0 fully saturated rings. The van der Waals surface area contributed by atoms with E-state index in [1.54, 1.807) is 11.3 Å². The minimum Gasteiger partial charge on any atom is -0.494 e. The van der Waals surface area contributed by atoms with Crippen LogP contribution in [-0.2, 0) is 0 Å². The van der Waals surface area contributed by atoms with Crippen LogP contribution in [0.4, 0.5) is 0 Å². The minimum atomic E-state index is 0.652. The highest BCUT2D eigenvalue weighted by Gasteiger charge is 2.16. The molecule has 0 aliphatic carbocycles. The lowest BCUT2D eigenvalue weighted by Gasteiger charge is -2.06. The molecule has 0 aliphatic rings. The highest BCUT2D eigenvalue weighted by atomic mass is 32.1. The van der Waals surface area contributed by atoms with Crippen LogP contribution in [0.25, 0.3) is 27.6 Å². The van der Waals surface area contributed by atoms with Crippen LogP contribution in [0.15, 0.2) is 60.0 Å². The molecule has 0 aliphatic heterocycles. The smallest absolute Gasteiger partial charge is 0.146 e. The van der Waals surface area contributed by atoms with Crippen molar-refractivity contribution in [3.8, 4) is 33.4 Å². The van der Waals surface area contributed by atoms with Gasteiger partial charge in [-0.3, -0.25) is 0 Å².